The molecule has 1 fully saturated rings. The third kappa shape index (κ3) is 29.2. The van der Waals surface area contributed by atoms with Gasteiger partial charge in [-0.2, -0.15) is 0 Å². The van der Waals surface area contributed by atoms with Gasteiger partial charge in [-0.05, 0) is 93.7 Å². The molecular weight excluding hydrogens is 1290 g/mol. The number of carbonyl (C=O) groups is 15. The molecule has 2 aromatic carbocycles. The third-order valence-electron chi connectivity index (χ3n) is 16.3. The molecule has 33 heteroatoms. The van der Waals surface area contributed by atoms with E-state index in [0.717, 1.165) is 5.56 Å². The molecule has 3 rings (SSSR count). The summed E-state index contributed by atoms with van der Waals surface area (Å²) in [5.41, 5.74) is 18.5. The van der Waals surface area contributed by atoms with E-state index < -0.39 is 200 Å². The summed E-state index contributed by atoms with van der Waals surface area (Å²) in [5, 5.41) is 49.7. The van der Waals surface area contributed by atoms with Crippen molar-refractivity contribution >= 4 is 88.7 Å². The number of primary amides is 1. The summed E-state index contributed by atoms with van der Waals surface area (Å²) in [6.07, 6.45) is -0.356. The van der Waals surface area contributed by atoms with Gasteiger partial charge in [0.1, 0.15) is 60.4 Å². The Hall–Kier alpha value is -9.63. The highest BCUT2D eigenvalue weighted by molar-refractivity contribution is 6.00. The number of rotatable bonds is 43. The molecule has 2 aromatic rings. The lowest BCUT2D eigenvalue weighted by Gasteiger charge is -2.30. The van der Waals surface area contributed by atoms with Gasteiger partial charge >= 0.3 is 5.97 Å². The minimum Gasteiger partial charge on any atom is -0.481 e. The molecule has 548 valence electrons. The van der Waals surface area contributed by atoms with Crippen LogP contribution in [0.25, 0.3) is 0 Å². The maximum Gasteiger partial charge on any atom is 0.305 e. The number of aliphatic carboxylic acids is 1. The average Bonchev–Trinajstić information content (AvgIpc) is 1.76. The van der Waals surface area contributed by atoms with Gasteiger partial charge in [0, 0.05) is 26.6 Å². The summed E-state index contributed by atoms with van der Waals surface area (Å²) in [6, 6.07) is 1.91. The molecule has 0 aliphatic carbocycles. The van der Waals surface area contributed by atoms with E-state index in [2.05, 4.69) is 63.8 Å². The number of aliphatic hydroxyl groups is 1. The number of benzene rings is 2. The van der Waals surface area contributed by atoms with Gasteiger partial charge < -0.3 is 96.1 Å². The van der Waals surface area contributed by atoms with E-state index in [1.165, 1.54) is 32.7 Å². The molecule has 0 radical (unpaired) electrons. The summed E-state index contributed by atoms with van der Waals surface area (Å²) in [6.45, 7) is 9.95. The number of hydrogen-bond acceptors (Lipinski definition) is 18. The number of hydrogen-bond donors (Lipinski definition) is 17. The third-order valence-corrected chi connectivity index (χ3v) is 16.3. The topological polar surface area (TPSA) is 522 Å². The highest BCUT2D eigenvalue weighted by Crippen LogP contribution is 2.20. The van der Waals surface area contributed by atoms with E-state index in [4.69, 9.17) is 17.2 Å². The molecule has 0 aromatic heterocycles. The fourth-order valence-corrected chi connectivity index (χ4v) is 10.6. The first kappa shape index (κ1) is 83.6. The van der Waals surface area contributed by atoms with Crippen LogP contribution in [0.2, 0.25) is 0 Å². The molecule has 99 heavy (non-hydrogen) atoms. The van der Waals surface area contributed by atoms with Gasteiger partial charge in [-0.1, -0.05) is 109 Å². The molecule has 1 aliphatic heterocycles. The van der Waals surface area contributed by atoms with E-state index in [-0.39, 0.29) is 57.5 Å². The highest BCUT2D eigenvalue weighted by Gasteiger charge is 2.41. The van der Waals surface area contributed by atoms with Crippen molar-refractivity contribution in [3.05, 3.63) is 71.8 Å². The Labute approximate surface area is 576 Å². The molecular formula is C66H102N16O17. The fourth-order valence-electron chi connectivity index (χ4n) is 10.6. The van der Waals surface area contributed by atoms with Crippen LogP contribution in [-0.4, -0.2) is 210 Å². The largest absolute Gasteiger partial charge is 0.481 e. The Morgan fingerprint density at radius 1 is 0.556 bits per heavy atom. The second-order valence-corrected chi connectivity index (χ2v) is 25.2. The first-order valence-electron chi connectivity index (χ1n) is 33.3. The van der Waals surface area contributed by atoms with Crippen molar-refractivity contribution in [2.24, 2.45) is 35.0 Å². The zero-order valence-electron chi connectivity index (χ0n) is 57.6. The minimum absolute atomic E-state index is 0.0313. The normalized spacial score (nSPS) is 16.0. The molecule has 1 unspecified atom stereocenters. The van der Waals surface area contributed by atoms with Gasteiger partial charge in [0.25, 0.3) is 0 Å². The van der Waals surface area contributed by atoms with Crippen molar-refractivity contribution in [2.45, 2.75) is 192 Å². The van der Waals surface area contributed by atoms with Gasteiger partial charge in [-0.15, -0.1) is 0 Å². The first-order valence-corrected chi connectivity index (χ1v) is 33.3. The second-order valence-electron chi connectivity index (χ2n) is 25.2. The predicted octanol–water partition coefficient (Wildman–Crippen LogP) is -4.24. The van der Waals surface area contributed by atoms with E-state index >= 15 is 0 Å². The lowest BCUT2D eigenvalue weighted by Crippen LogP contribution is -2.60. The minimum atomic E-state index is -1.88. The van der Waals surface area contributed by atoms with Crippen molar-refractivity contribution in [3.63, 3.8) is 0 Å². The average molecular weight is 1390 g/mol. The number of aliphatic hydroxyl groups excluding tert-OH is 1. The van der Waals surface area contributed by atoms with Crippen LogP contribution in [0.5, 0.6) is 0 Å². The molecule has 14 amide bonds. The SMILES string of the molecule is CC[C@H](C)[C@H](NC(=O)CNC(=O)[C@@H](NC(=O)[C@H](CC(=O)O)NC(=O)[C@H](Cc1ccccc1)NC(=O)C1CCCN1C(=O)[C@H](C)NC(=O)[C@H](CC(N)=O)NC(=O)[C@@H](N)Cc1ccccc1)C(C)C)C(=O)N[C@@H](CCCCN)C(=O)N[C@@H](CC(C)C)C(=O)N[C@@H](CCO)C(=O)NCC(=O)NC. The summed E-state index contributed by atoms with van der Waals surface area (Å²) in [4.78, 5) is 203. The van der Waals surface area contributed by atoms with E-state index in [9.17, 15) is 82.1 Å². The highest BCUT2D eigenvalue weighted by atomic mass is 16.4. The number of nitrogens with two attached hydrogens (primary N) is 3. The van der Waals surface area contributed by atoms with E-state index in [0.29, 0.717) is 31.2 Å². The van der Waals surface area contributed by atoms with Gasteiger partial charge in [-0.3, -0.25) is 71.9 Å². The number of unbranched alkanes of at least 4 members (excludes halogenated alkanes) is 1. The Morgan fingerprint density at radius 3 is 1.64 bits per heavy atom. The standard InChI is InChI=1S/C66H102N16O17/c1-9-38(6)55(65(98)75-43(23-16-17-26-67)58(91)77-45(29-36(2)3)60(93)74-44(25-28-83)57(90)71-34-51(85)70-8)80-52(86)35-72-64(97)54(37(4)5)81-62(95)48(33-53(87)88)78-61(94)46(31-41-21-14-11-15-22-41)79-63(96)49-24-18-27-82(49)66(99)39(7)73-59(92)47(32-50(69)84)76-56(89)42(68)30-40-19-12-10-13-20-40/h10-15,19-22,36-39,42-49,54-55,83H,9,16-18,23-35,67-68H2,1-8H3,(H2,69,84)(H,70,85)(H,71,90)(H,72,97)(H,73,92)(H,74,93)(H,75,98)(H,76,89)(H,77,91)(H,78,94)(H,79,96)(H,80,86)(H,81,95)(H,87,88)/t38-,39-,42-,43-,44-,45-,46-,47-,48-,49?,54-,55-/m0/s1. The summed E-state index contributed by atoms with van der Waals surface area (Å²) in [5.74, 6) is -14.9. The predicted molar refractivity (Wildman–Crippen MR) is 361 cm³/mol. The Bertz CT molecular complexity index is 3090. The van der Waals surface area contributed by atoms with Crippen LogP contribution in [-0.2, 0) is 84.8 Å². The Morgan fingerprint density at radius 2 is 1.07 bits per heavy atom. The molecule has 20 N–H and O–H groups in total. The molecule has 33 nitrogen and oxygen atoms in total. The molecule has 0 spiro atoms. The van der Waals surface area contributed by atoms with Crippen LogP contribution < -0.4 is 81.0 Å². The number of carboxylic acids is 1. The van der Waals surface area contributed by atoms with Gasteiger partial charge in [0.2, 0.25) is 82.7 Å². The van der Waals surface area contributed by atoms with Crippen LogP contribution in [0.3, 0.4) is 0 Å². The van der Waals surface area contributed by atoms with Gasteiger partial charge in [-0.25, -0.2) is 0 Å². The smallest absolute Gasteiger partial charge is 0.305 e. The van der Waals surface area contributed by atoms with Gasteiger partial charge in [0.15, 0.2) is 0 Å². The van der Waals surface area contributed by atoms with Crippen molar-refractivity contribution < 1.29 is 82.1 Å². The van der Waals surface area contributed by atoms with Crippen LogP contribution in [0, 0.1) is 17.8 Å². The van der Waals surface area contributed by atoms with Crippen LogP contribution in [0.15, 0.2) is 60.7 Å². The zero-order chi connectivity index (χ0) is 74.1. The van der Waals surface area contributed by atoms with Crippen molar-refractivity contribution in [2.75, 3.05) is 39.8 Å². The molecule has 0 saturated carbocycles. The number of carbonyl (C=O) groups excluding carboxylic acids is 14. The van der Waals surface area contributed by atoms with E-state index in [1.54, 1.807) is 88.4 Å². The number of nitrogens with zero attached hydrogens (tertiary/aromatic N) is 1. The molecule has 12 atom stereocenters. The van der Waals surface area contributed by atoms with E-state index in [1.807, 2.05) is 0 Å². The lowest BCUT2D eigenvalue weighted by atomic mass is 9.97. The molecule has 1 aliphatic rings. The lowest BCUT2D eigenvalue weighted by molar-refractivity contribution is -0.143. The molecule has 1 heterocycles. The maximum absolute atomic E-state index is 14.4. The maximum atomic E-state index is 14.4. The summed E-state index contributed by atoms with van der Waals surface area (Å²) < 4.78 is 0. The Kier molecular flexibility index (Phi) is 36.2. The van der Waals surface area contributed by atoms with Gasteiger partial charge in [0.05, 0.1) is 32.0 Å². The number of nitrogens with one attached hydrogen (secondary N) is 12. The van der Waals surface area contributed by atoms with Crippen molar-refractivity contribution in [1.82, 2.24) is 68.7 Å². The van der Waals surface area contributed by atoms with Crippen LogP contribution >= 0.6 is 0 Å². The zero-order valence-corrected chi connectivity index (χ0v) is 57.6. The molecule has 0 bridgehead atoms. The monoisotopic (exact) mass is 1390 g/mol. The Balaban J connectivity index is 1.77. The quantitative estimate of drug-likeness (QED) is 0.0280. The van der Waals surface area contributed by atoms with Crippen LogP contribution in [0.4, 0.5) is 0 Å². The number of amides is 14. The fraction of sp³-hybridized carbons (Fsp3) is 0.591. The summed E-state index contributed by atoms with van der Waals surface area (Å²) in [7, 11) is 1.37. The van der Waals surface area contributed by atoms with Crippen molar-refractivity contribution in [1.29, 1.82) is 0 Å². The first-order chi connectivity index (χ1) is 46.8. The number of likely N-dealkylation sites (N-methyl/N-ethyl adjacent to an activating group) is 1. The second kappa shape index (κ2) is 42.9. The number of carboxylic acid groups (broad SMARTS) is 1. The van der Waals surface area contributed by atoms with Crippen LogP contribution in [0.1, 0.15) is 124 Å². The number of likely N-dealkylation sites (tertiary alicyclic amines) is 1. The molecule has 1 saturated heterocycles. The summed E-state index contributed by atoms with van der Waals surface area (Å²) >= 11 is 0. The van der Waals surface area contributed by atoms with Crippen molar-refractivity contribution in [3.8, 4) is 0 Å².